The summed E-state index contributed by atoms with van der Waals surface area (Å²) in [6.45, 7) is 1.69. The van der Waals surface area contributed by atoms with Gasteiger partial charge in [-0.1, -0.05) is 23.2 Å². The molecule has 0 aromatic heterocycles. The lowest BCUT2D eigenvalue weighted by atomic mass is 10.1. The number of amidine groups is 1. The van der Waals surface area contributed by atoms with Crippen LogP contribution >= 0.6 is 23.2 Å². The van der Waals surface area contributed by atoms with Crippen LogP contribution in [0.3, 0.4) is 0 Å². The van der Waals surface area contributed by atoms with Gasteiger partial charge >= 0.3 is 0 Å². The first-order valence-corrected chi connectivity index (χ1v) is 7.93. The standard InChI is InChI=1S/C17H11Cl2N3O3/c1-10-20-15(8-11-2-5-13(6-3-11)22(24)25)17(23)21(10)16-9-12(18)4-7-14(16)19/h2-9H,1H3. The van der Waals surface area contributed by atoms with Crippen LogP contribution in [0.15, 0.2) is 53.2 Å². The molecule has 1 heterocycles. The zero-order chi connectivity index (χ0) is 18.1. The number of benzene rings is 2. The minimum atomic E-state index is -0.483. The van der Waals surface area contributed by atoms with Gasteiger partial charge in [0.1, 0.15) is 11.5 Å². The predicted molar refractivity (Wildman–Crippen MR) is 98.1 cm³/mol. The summed E-state index contributed by atoms with van der Waals surface area (Å²) >= 11 is 12.2. The van der Waals surface area contributed by atoms with E-state index in [-0.39, 0.29) is 17.3 Å². The minimum Gasteiger partial charge on any atom is -0.266 e. The molecule has 0 saturated carbocycles. The molecule has 0 fully saturated rings. The van der Waals surface area contributed by atoms with Crippen molar-refractivity contribution in [2.45, 2.75) is 6.92 Å². The van der Waals surface area contributed by atoms with E-state index in [1.807, 2.05) is 0 Å². The molecule has 0 atom stereocenters. The van der Waals surface area contributed by atoms with Crippen molar-refractivity contribution in [2.75, 3.05) is 4.90 Å². The van der Waals surface area contributed by atoms with Crippen molar-refractivity contribution < 1.29 is 9.72 Å². The maximum Gasteiger partial charge on any atom is 0.282 e. The number of carbonyl (C=O) groups is 1. The minimum absolute atomic E-state index is 0.0214. The van der Waals surface area contributed by atoms with Crippen molar-refractivity contribution in [3.63, 3.8) is 0 Å². The summed E-state index contributed by atoms with van der Waals surface area (Å²) < 4.78 is 0. The summed E-state index contributed by atoms with van der Waals surface area (Å²) in [5, 5.41) is 11.5. The molecule has 2 aromatic rings. The molecule has 0 radical (unpaired) electrons. The second kappa shape index (κ2) is 6.66. The number of nitrogens with zero attached hydrogens (tertiary/aromatic N) is 3. The van der Waals surface area contributed by atoms with E-state index in [1.54, 1.807) is 43.3 Å². The second-order valence-corrected chi connectivity index (χ2v) is 6.12. The number of hydrogen-bond acceptors (Lipinski definition) is 4. The molecule has 1 aliphatic heterocycles. The van der Waals surface area contributed by atoms with Crippen molar-refractivity contribution in [3.05, 3.63) is 73.9 Å². The molecule has 0 spiro atoms. The Hall–Kier alpha value is -2.70. The maximum absolute atomic E-state index is 12.7. The smallest absolute Gasteiger partial charge is 0.266 e. The Labute approximate surface area is 153 Å². The molecule has 0 N–H and O–H groups in total. The van der Waals surface area contributed by atoms with Crippen molar-refractivity contribution in [3.8, 4) is 0 Å². The van der Waals surface area contributed by atoms with E-state index in [1.165, 1.54) is 17.0 Å². The fourth-order valence-electron chi connectivity index (χ4n) is 2.42. The topological polar surface area (TPSA) is 75.8 Å². The van der Waals surface area contributed by atoms with E-state index in [2.05, 4.69) is 4.99 Å². The predicted octanol–water partition coefficient (Wildman–Crippen LogP) is 4.71. The number of carbonyl (C=O) groups excluding carboxylic acids is 1. The largest absolute Gasteiger partial charge is 0.282 e. The van der Waals surface area contributed by atoms with E-state index in [0.717, 1.165) is 0 Å². The fourth-order valence-corrected chi connectivity index (χ4v) is 2.79. The summed E-state index contributed by atoms with van der Waals surface area (Å²) in [6, 6.07) is 10.7. The number of rotatable bonds is 3. The number of non-ortho nitro benzene ring substituents is 1. The van der Waals surface area contributed by atoms with Crippen molar-refractivity contribution in [2.24, 2.45) is 4.99 Å². The van der Waals surface area contributed by atoms with Gasteiger partial charge in [0.25, 0.3) is 11.6 Å². The molecule has 126 valence electrons. The first-order valence-electron chi connectivity index (χ1n) is 7.18. The molecule has 8 heteroatoms. The number of aliphatic imine (C=N–C) groups is 1. The number of halogens is 2. The number of anilines is 1. The molecular formula is C17H11Cl2N3O3. The van der Waals surface area contributed by atoms with Gasteiger partial charge in [-0.15, -0.1) is 0 Å². The molecule has 2 aromatic carbocycles. The van der Waals surface area contributed by atoms with Crippen LogP contribution in [0.2, 0.25) is 10.0 Å². The highest BCUT2D eigenvalue weighted by atomic mass is 35.5. The quantitative estimate of drug-likeness (QED) is 0.442. The lowest BCUT2D eigenvalue weighted by Crippen LogP contribution is -2.30. The highest BCUT2D eigenvalue weighted by Gasteiger charge is 2.30. The van der Waals surface area contributed by atoms with Crippen LogP contribution in [0.4, 0.5) is 11.4 Å². The number of hydrogen-bond donors (Lipinski definition) is 0. The van der Waals surface area contributed by atoms with Gasteiger partial charge in [0.15, 0.2) is 0 Å². The Morgan fingerprint density at radius 1 is 1.16 bits per heavy atom. The van der Waals surface area contributed by atoms with E-state index >= 15 is 0 Å². The zero-order valence-corrected chi connectivity index (χ0v) is 14.5. The molecule has 0 aliphatic carbocycles. The van der Waals surface area contributed by atoms with E-state index in [4.69, 9.17) is 23.2 Å². The highest BCUT2D eigenvalue weighted by molar-refractivity contribution is 6.38. The van der Waals surface area contributed by atoms with Gasteiger partial charge in [0.05, 0.1) is 15.6 Å². The summed E-state index contributed by atoms with van der Waals surface area (Å²) in [4.78, 5) is 28.6. The second-order valence-electron chi connectivity index (χ2n) is 5.27. The van der Waals surface area contributed by atoms with Crippen LogP contribution in [0, 0.1) is 10.1 Å². The lowest BCUT2D eigenvalue weighted by Gasteiger charge is -2.17. The summed E-state index contributed by atoms with van der Waals surface area (Å²) in [5.74, 6) is 0.113. The lowest BCUT2D eigenvalue weighted by molar-refractivity contribution is -0.384. The third-order valence-corrected chi connectivity index (χ3v) is 4.14. The van der Waals surface area contributed by atoms with Crippen LogP contribution in [0.25, 0.3) is 6.08 Å². The Kier molecular flexibility index (Phi) is 4.57. The van der Waals surface area contributed by atoms with Gasteiger partial charge in [-0.3, -0.25) is 19.8 Å². The van der Waals surface area contributed by atoms with E-state index in [9.17, 15) is 14.9 Å². The van der Waals surface area contributed by atoms with E-state index < -0.39 is 4.92 Å². The maximum atomic E-state index is 12.7. The molecule has 1 aliphatic rings. The molecule has 25 heavy (non-hydrogen) atoms. The molecule has 0 unspecified atom stereocenters. The Balaban J connectivity index is 1.94. The molecule has 1 amide bonds. The Bertz CT molecular complexity index is 937. The molecular weight excluding hydrogens is 365 g/mol. The first kappa shape index (κ1) is 17.1. The number of nitro groups is 1. The average molecular weight is 376 g/mol. The SMILES string of the molecule is CC1=NC(=Cc2ccc([N+](=O)[O-])cc2)C(=O)N1c1cc(Cl)ccc1Cl. The van der Waals surface area contributed by atoms with Gasteiger partial charge in [-0.25, -0.2) is 4.99 Å². The Morgan fingerprint density at radius 2 is 1.84 bits per heavy atom. The third kappa shape index (κ3) is 3.40. The highest BCUT2D eigenvalue weighted by Crippen LogP contribution is 2.33. The molecule has 0 saturated heterocycles. The van der Waals surface area contributed by atoms with Crippen molar-refractivity contribution in [1.82, 2.24) is 0 Å². The monoisotopic (exact) mass is 375 g/mol. The molecule has 0 bridgehead atoms. The fraction of sp³-hybridized carbons (Fsp3) is 0.0588. The van der Waals surface area contributed by atoms with Gasteiger partial charge in [-0.05, 0) is 48.9 Å². The van der Waals surface area contributed by atoms with E-state index in [0.29, 0.717) is 27.1 Å². The van der Waals surface area contributed by atoms with Crippen molar-refractivity contribution in [1.29, 1.82) is 0 Å². The average Bonchev–Trinajstić information content (AvgIpc) is 2.84. The van der Waals surface area contributed by atoms with Gasteiger partial charge in [0.2, 0.25) is 0 Å². The molecule has 3 rings (SSSR count). The zero-order valence-electron chi connectivity index (χ0n) is 12.9. The number of nitro benzene ring substituents is 1. The number of amides is 1. The van der Waals surface area contributed by atoms with Gasteiger partial charge in [-0.2, -0.15) is 0 Å². The first-order chi connectivity index (χ1) is 11.9. The molecule has 6 nitrogen and oxygen atoms in total. The van der Waals surface area contributed by atoms with Crippen LogP contribution < -0.4 is 4.90 Å². The van der Waals surface area contributed by atoms with Gasteiger partial charge in [0, 0.05) is 17.2 Å². The van der Waals surface area contributed by atoms with Crippen LogP contribution in [-0.4, -0.2) is 16.7 Å². The normalized spacial score (nSPS) is 15.6. The van der Waals surface area contributed by atoms with Crippen LogP contribution in [0.5, 0.6) is 0 Å². The third-order valence-electron chi connectivity index (χ3n) is 3.58. The summed E-state index contributed by atoms with van der Waals surface area (Å²) in [5.41, 5.74) is 1.27. The van der Waals surface area contributed by atoms with Crippen LogP contribution in [0.1, 0.15) is 12.5 Å². The Morgan fingerprint density at radius 3 is 2.48 bits per heavy atom. The summed E-state index contributed by atoms with van der Waals surface area (Å²) in [7, 11) is 0. The van der Waals surface area contributed by atoms with Gasteiger partial charge < -0.3 is 0 Å². The van der Waals surface area contributed by atoms with Crippen molar-refractivity contribution >= 4 is 52.4 Å². The summed E-state index contributed by atoms with van der Waals surface area (Å²) in [6.07, 6.45) is 1.56. The van der Waals surface area contributed by atoms with Crippen LogP contribution in [-0.2, 0) is 4.79 Å².